The molecule has 1 aliphatic rings. The van der Waals surface area contributed by atoms with Crippen molar-refractivity contribution in [3.8, 4) is 0 Å². The molecule has 1 N–H and O–H groups in total. The van der Waals surface area contributed by atoms with Crippen LogP contribution in [0.3, 0.4) is 0 Å². The maximum Gasteiger partial charge on any atom is 0.222 e. The lowest BCUT2D eigenvalue weighted by molar-refractivity contribution is -0.122. The fraction of sp³-hybridized carbons (Fsp3) is 0.667. The normalized spacial score (nSPS) is 16.4. The highest BCUT2D eigenvalue weighted by Crippen LogP contribution is 2.17. The number of aryl methyl sites for hydroxylation is 2. The molecule has 0 radical (unpaired) electrons. The standard InChI is InChI=1S/C12H18BrN3O/c1-9-11(13)8-16(15-9)7-6-12(17)14-10-4-2-3-5-10/h8,10H,2-7H2,1H3,(H,14,17). The monoisotopic (exact) mass is 299 g/mol. The average Bonchev–Trinajstić information content (AvgIpc) is 2.87. The van der Waals surface area contributed by atoms with Gasteiger partial charge in [-0.3, -0.25) is 9.48 Å². The number of amides is 1. The summed E-state index contributed by atoms with van der Waals surface area (Å²) in [7, 11) is 0. The van der Waals surface area contributed by atoms with Crippen molar-refractivity contribution >= 4 is 21.8 Å². The molecule has 1 saturated carbocycles. The quantitative estimate of drug-likeness (QED) is 0.928. The van der Waals surface area contributed by atoms with E-state index >= 15 is 0 Å². The zero-order valence-electron chi connectivity index (χ0n) is 10.1. The van der Waals surface area contributed by atoms with Crippen LogP contribution in [0.5, 0.6) is 0 Å². The van der Waals surface area contributed by atoms with Gasteiger partial charge in [-0.05, 0) is 35.7 Å². The van der Waals surface area contributed by atoms with Gasteiger partial charge < -0.3 is 5.32 Å². The molecular formula is C12H18BrN3O. The predicted molar refractivity (Wildman–Crippen MR) is 69.7 cm³/mol. The molecule has 0 aliphatic heterocycles. The molecule has 1 aromatic rings. The largest absolute Gasteiger partial charge is 0.353 e. The van der Waals surface area contributed by atoms with Crippen molar-refractivity contribution in [3.63, 3.8) is 0 Å². The Balaban J connectivity index is 1.75. The van der Waals surface area contributed by atoms with Crippen LogP contribution < -0.4 is 5.32 Å². The fourth-order valence-corrected chi connectivity index (χ4v) is 2.51. The third kappa shape index (κ3) is 3.56. The molecule has 0 bridgehead atoms. The van der Waals surface area contributed by atoms with Gasteiger partial charge in [0.1, 0.15) is 0 Å². The Labute approximate surface area is 110 Å². The van der Waals surface area contributed by atoms with E-state index in [1.54, 1.807) is 0 Å². The summed E-state index contributed by atoms with van der Waals surface area (Å²) in [6.45, 7) is 2.59. The molecule has 1 aromatic heterocycles. The molecule has 94 valence electrons. The van der Waals surface area contributed by atoms with Gasteiger partial charge in [-0.25, -0.2) is 0 Å². The van der Waals surface area contributed by atoms with Crippen LogP contribution in [0.1, 0.15) is 37.8 Å². The Bertz CT molecular complexity index is 377. The fourth-order valence-electron chi connectivity index (χ4n) is 2.19. The van der Waals surface area contributed by atoms with E-state index in [-0.39, 0.29) is 5.91 Å². The molecule has 2 rings (SSSR count). The zero-order chi connectivity index (χ0) is 12.3. The van der Waals surface area contributed by atoms with Crippen molar-refractivity contribution in [1.29, 1.82) is 0 Å². The van der Waals surface area contributed by atoms with Gasteiger partial charge in [0.25, 0.3) is 0 Å². The molecule has 5 heteroatoms. The Kier molecular flexibility index (Phi) is 4.20. The summed E-state index contributed by atoms with van der Waals surface area (Å²) in [6.07, 6.45) is 7.19. The molecule has 0 atom stereocenters. The second-order valence-electron chi connectivity index (χ2n) is 4.62. The number of rotatable bonds is 4. The van der Waals surface area contributed by atoms with Gasteiger partial charge in [0.05, 0.1) is 10.2 Å². The first-order chi connectivity index (χ1) is 8.15. The van der Waals surface area contributed by atoms with Crippen LogP contribution in [-0.4, -0.2) is 21.7 Å². The number of nitrogens with one attached hydrogen (secondary N) is 1. The van der Waals surface area contributed by atoms with Crippen molar-refractivity contribution in [2.45, 2.75) is 51.6 Å². The first-order valence-corrected chi connectivity index (χ1v) is 6.93. The highest BCUT2D eigenvalue weighted by atomic mass is 79.9. The molecule has 17 heavy (non-hydrogen) atoms. The Morgan fingerprint density at radius 3 is 2.88 bits per heavy atom. The number of aromatic nitrogens is 2. The Morgan fingerprint density at radius 2 is 2.29 bits per heavy atom. The number of nitrogens with zero attached hydrogens (tertiary/aromatic N) is 2. The van der Waals surface area contributed by atoms with Crippen LogP contribution in [0.4, 0.5) is 0 Å². The minimum Gasteiger partial charge on any atom is -0.353 e. The average molecular weight is 300 g/mol. The van der Waals surface area contributed by atoms with Crippen LogP contribution in [-0.2, 0) is 11.3 Å². The summed E-state index contributed by atoms with van der Waals surface area (Å²) < 4.78 is 2.81. The van der Waals surface area contributed by atoms with E-state index in [1.807, 2.05) is 17.8 Å². The lowest BCUT2D eigenvalue weighted by Gasteiger charge is -2.11. The van der Waals surface area contributed by atoms with E-state index in [2.05, 4.69) is 26.3 Å². The van der Waals surface area contributed by atoms with Crippen molar-refractivity contribution in [2.24, 2.45) is 0 Å². The molecule has 1 aliphatic carbocycles. The van der Waals surface area contributed by atoms with E-state index in [9.17, 15) is 4.79 Å². The van der Waals surface area contributed by atoms with Crippen LogP contribution in [0.25, 0.3) is 0 Å². The van der Waals surface area contributed by atoms with E-state index in [0.29, 0.717) is 19.0 Å². The molecule has 4 nitrogen and oxygen atoms in total. The van der Waals surface area contributed by atoms with Crippen molar-refractivity contribution in [1.82, 2.24) is 15.1 Å². The number of carbonyl (C=O) groups is 1. The highest BCUT2D eigenvalue weighted by molar-refractivity contribution is 9.10. The van der Waals surface area contributed by atoms with Gasteiger partial charge in [0.15, 0.2) is 0 Å². The van der Waals surface area contributed by atoms with Gasteiger partial charge in [-0.15, -0.1) is 0 Å². The predicted octanol–water partition coefficient (Wildman–Crippen LogP) is 2.40. The van der Waals surface area contributed by atoms with Gasteiger partial charge in [0, 0.05) is 25.2 Å². The number of carbonyl (C=O) groups excluding carboxylic acids is 1. The van der Waals surface area contributed by atoms with Crippen LogP contribution >= 0.6 is 15.9 Å². The zero-order valence-corrected chi connectivity index (χ0v) is 11.7. The topological polar surface area (TPSA) is 46.9 Å². The summed E-state index contributed by atoms with van der Waals surface area (Å²) >= 11 is 3.41. The van der Waals surface area contributed by atoms with Crippen molar-refractivity contribution in [3.05, 3.63) is 16.4 Å². The number of hydrogen-bond donors (Lipinski definition) is 1. The molecule has 1 fully saturated rings. The summed E-state index contributed by atoms with van der Waals surface area (Å²) in [6, 6.07) is 0.411. The first kappa shape index (κ1) is 12.6. The lowest BCUT2D eigenvalue weighted by atomic mass is 10.2. The minimum absolute atomic E-state index is 0.140. The summed E-state index contributed by atoms with van der Waals surface area (Å²) in [5.74, 6) is 0.140. The number of hydrogen-bond acceptors (Lipinski definition) is 2. The van der Waals surface area contributed by atoms with Crippen molar-refractivity contribution in [2.75, 3.05) is 0 Å². The minimum atomic E-state index is 0.140. The summed E-state index contributed by atoms with van der Waals surface area (Å²) in [4.78, 5) is 11.7. The van der Waals surface area contributed by atoms with Gasteiger partial charge >= 0.3 is 0 Å². The molecule has 1 amide bonds. The number of halogens is 1. The highest BCUT2D eigenvalue weighted by Gasteiger charge is 2.16. The molecule has 0 spiro atoms. The molecule has 1 heterocycles. The second kappa shape index (κ2) is 5.67. The molecule has 0 unspecified atom stereocenters. The summed E-state index contributed by atoms with van der Waals surface area (Å²) in [5, 5.41) is 7.38. The molecule has 0 saturated heterocycles. The summed E-state index contributed by atoms with van der Waals surface area (Å²) in [5.41, 5.74) is 0.959. The van der Waals surface area contributed by atoms with E-state index in [1.165, 1.54) is 12.8 Å². The van der Waals surface area contributed by atoms with E-state index in [0.717, 1.165) is 23.0 Å². The Hall–Kier alpha value is -0.840. The van der Waals surface area contributed by atoms with Gasteiger partial charge in [0.2, 0.25) is 5.91 Å². The Morgan fingerprint density at radius 1 is 1.59 bits per heavy atom. The van der Waals surface area contributed by atoms with Gasteiger partial charge in [-0.1, -0.05) is 12.8 Å². The maximum atomic E-state index is 11.7. The van der Waals surface area contributed by atoms with Crippen molar-refractivity contribution < 1.29 is 4.79 Å². The van der Waals surface area contributed by atoms with Crippen LogP contribution in [0.2, 0.25) is 0 Å². The van der Waals surface area contributed by atoms with Gasteiger partial charge in [-0.2, -0.15) is 5.10 Å². The van der Waals surface area contributed by atoms with Crippen LogP contribution in [0.15, 0.2) is 10.7 Å². The molecule has 0 aromatic carbocycles. The third-order valence-electron chi connectivity index (χ3n) is 3.17. The second-order valence-corrected chi connectivity index (χ2v) is 5.48. The van der Waals surface area contributed by atoms with E-state index < -0.39 is 0 Å². The molecular weight excluding hydrogens is 282 g/mol. The SMILES string of the molecule is Cc1nn(CCC(=O)NC2CCCC2)cc1Br. The maximum absolute atomic E-state index is 11.7. The lowest BCUT2D eigenvalue weighted by Crippen LogP contribution is -2.33. The van der Waals surface area contributed by atoms with Crippen LogP contribution in [0, 0.1) is 6.92 Å². The van der Waals surface area contributed by atoms with E-state index in [4.69, 9.17) is 0 Å². The smallest absolute Gasteiger partial charge is 0.222 e. The first-order valence-electron chi connectivity index (χ1n) is 6.14. The third-order valence-corrected chi connectivity index (χ3v) is 3.95.